The van der Waals surface area contributed by atoms with Crippen LogP contribution in [0.4, 0.5) is 9.59 Å². The summed E-state index contributed by atoms with van der Waals surface area (Å²) in [6, 6.07) is 9.34. The Morgan fingerprint density at radius 1 is 0.632 bits per heavy atom. The van der Waals surface area contributed by atoms with Crippen molar-refractivity contribution < 1.29 is 9.59 Å². The first-order chi connectivity index (χ1) is 17.5. The zero-order valence-electron chi connectivity index (χ0n) is 25.8. The van der Waals surface area contributed by atoms with Crippen LogP contribution in [0.3, 0.4) is 0 Å². The van der Waals surface area contributed by atoms with Gasteiger partial charge in [-0.1, -0.05) is 24.3 Å². The quantitative estimate of drug-likeness (QED) is 0.430. The van der Waals surface area contributed by atoms with E-state index in [0.29, 0.717) is 24.9 Å². The second-order valence-electron chi connectivity index (χ2n) is 14.4. The number of urea groups is 2. The molecule has 6 heteroatoms. The summed E-state index contributed by atoms with van der Waals surface area (Å²) in [5.74, 6) is 1.08. The summed E-state index contributed by atoms with van der Waals surface area (Å²) < 4.78 is 0. The predicted molar refractivity (Wildman–Crippen MR) is 157 cm³/mol. The van der Waals surface area contributed by atoms with E-state index in [1.165, 1.54) is 11.1 Å². The SMILES string of the molecule is CCNC(=O)N1C(C)(C)CC(Cc2ccc(CC3CC(C)(C)N(C(=O)NCC)C(C)(C)C3)cc2)CC1(C)C. The van der Waals surface area contributed by atoms with Crippen LogP contribution in [0, 0.1) is 11.8 Å². The molecule has 214 valence electrons. The molecule has 2 aliphatic heterocycles. The van der Waals surface area contributed by atoms with Gasteiger partial charge in [0.05, 0.1) is 0 Å². The first-order valence-corrected chi connectivity index (χ1v) is 14.8. The average molecular weight is 527 g/mol. The molecule has 2 aliphatic rings. The van der Waals surface area contributed by atoms with E-state index < -0.39 is 0 Å². The van der Waals surface area contributed by atoms with E-state index >= 15 is 0 Å². The Bertz CT molecular complexity index is 865. The van der Waals surface area contributed by atoms with Gasteiger partial charge in [0.2, 0.25) is 0 Å². The molecule has 2 N–H and O–H groups in total. The van der Waals surface area contributed by atoms with E-state index in [-0.39, 0.29) is 34.2 Å². The fourth-order valence-corrected chi connectivity index (χ4v) is 8.30. The number of carbonyl (C=O) groups is 2. The Labute approximate surface area is 232 Å². The number of piperidine rings is 2. The van der Waals surface area contributed by atoms with Gasteiger partial charge in [-0.25, -0.2) is 9.59 Å². The van der Waals surface area contributed by atoms with Crippen LogP contribution in [0.5, 0.6) is 0 Å². The molecule has 0 radical (unpaired) electrons. The minimum absolute atomic E-state index is 0.0495. The molecule has 2 saturated heterocycles. The molecule has 0 bridgehead atoms. The Hall–Kier alpha value is -2.24. The van der Waals surface area contributed by atoms with Crippen LogP contribution in [0.2, 0.25) is 0 Å². The molecule has 1 aromatic carbocycles. The highest BCUT2D eigenvalue weighted by Gasteiger charge is 2.48. The molecule has 2 fully saturated rings. The summed E-state index contributed by atoms with van der Waals surface area (Å²) in [7, 11) is 0. The van der Waals surface area contributed by atoms with Gasteiger partial charge in [-0.15, -0.1) is 0 Å². The van der Waals surface area contributed by atoms with Crippen molar-refractivity contribution in [1.82, 2.24) is 20.4 Å². The predicted octanol–water partition coefficient (Wildman–Crippen LogP) is 6.77. The lowest BCUT2D eigenvalue weighted by Crippen LogP contribution is -2.65. The number of hydrogen-bond donors (Lipinski definition) is 2. The average Bonchev–Trinajstić information content (AvgIpc) is 2.71. The van der Waals surface area contributed by atoms with Gasteiger partial charge in [0.1, 0.15) is 0 Å². The van der Waals surface area contributed by atoms with Crippen molar-refractivity contribution in [2.45, 2.75) is 130 Å². The van der Waals surface area contributed by atoms with E-state index in [1.807, 2.05) is 13.8 Å². The number of hydrogen-bond acceptors (Lipinski definition) is 2. The van der Waals surface area contributed by atoms with Gasteiger partial charge >= 0.3 is 12.1 Å². The van der Waals surface area contributed by atoms with Gasteiger partial charge in [-0.2, -0.15) is 0 Å². The highest BCUT2D eigenvalue weighted by molar-refractivity contribution is 5.76. The summed E-state index contributed by atoms with van der Waals surface area (Å²) in [5.41, 5.74) is 2.01. The molecular formula is C32H54N4O2. The topological polar surface area (TPSA) is 64.7 Å². The highest BCUT2D eigenvalue weighted by atomic mass is 16.2. The number of amides is 4. The standard InChI is InChI=1S/C32H54N4O2/c1-11-33-27(37)35-29(3,4)19-25(20-30(35,5)6)17-23-13-15-24(16-14-23)18-26-21-31(7,8)36(28(38)34-12-2)32(9,10)22-26/h13-16,25-26H,11-12,17-22H2,1-10H3,(H,33,37)(H,34,38). The van der Waals surface area contributed by atoms with Crippen LogP contribution in [0.15, 0.2) is 24.3 Å². The van der Waals surface area contributed by atoms with Crippen LogP contribution in [0.25, 0.3) is 0 Å². The molecule has 0 atom stereocenters. The minimum atomic E-state index is -0.186. The fraction of sp³-hybridized carbons (Fsp3) is 0.750. The van der Waals surface area contributed by atoms with Crippen LogP contribution < -0.4 is 10.6 Å². The van der Waals surface area contributed by atoms with Crippen LogP contribution in [0.1, 0.15) is 106 Å². The maximum Gasteiger partial charge on any atom is 0.318 e. The van der Waals surface area contributed by atoms with Crippen LogP contribution >= 0.6 is 0 Å². The van der Waals surface area contributed by atoms with E-state index in [4.69, 9.17) is 0 Å². The number of nitrogens with one attached hydrogen (secondary N) is 2. The molecule has 2 heterocycles. The van der Waals surface area contributed by atoms with E-state index in [2.05, 4.69) is 100 Å². The monoisotopic (exact) mass is 526 g/mol. The summed E-state index contributed by atoms with van der Waals surface area (Å²) >= 11 is 0. The molecule has 3 rings (SSSR count). The molecule has 0 spiro atoms. The Kier molecular flexibility index (Phi) is 8.85. The number of nitrogens with zero attached hydrogens (tertiary/aromatic N) is 2. The molecular weight excluding hydrogens is 472 g/mol. The third kappa shape index (κ3) is 6.66. The molecule has 1 aromatic rings. The Balaban J connectivity index is 1.65. The number of likely N-dealkylation sites (tertiary alicyclic amines) is 2. The fourth-order valence-electron chi connectivity index (χ4n) is 8.30. The van der Waals surface area contributed by atoms with Crippen molar-refractivity contribution in [3.63, 3.8) is 0 Å². The summed E-state index contributed by atoms with van der Waals surface area (Å²) in [5, 5.41) is 6.04. The maximum absolute atomic E-state index is 12.8. The van der Waals surface area contributed by atoms with Crippen LogP contribution in [-0.4, -0.2) is 57.1 Å². The highest BCUT2D eigenvalue weighted by Crippen LogP contribution is 2.44. The van der Waals surface area contributed by atoms with Crippen molar-refractivity contribution in [3.8, 4) is 0 Å². The summed E-state index contributed by atoms with van der Waals surface area (Å²) in [6.07, 6.45) is 6.10. The number of rotatable bonds is 6. The molecule has 6 nitrogen and oxygen atoms in total. The van der Waals surface area contributed by atoms with Gasteiger partial charge in [0.25, 0.3) is 0 Å². The molecule has 0 aromatic heterocycles. The van der Waals surface area contributed by atoms with E-state index in [1.54, 1.807) is 0 Å². The molecule has 0 aliphatic carbocycles. The van der Waals surface area contributed by atoms with Crippen molar-refractivity contribution in [2.24, 2.45) is 11.8 Å². The zero-order chi connectivity index (χ0) is 28.5. The van der Waals surface area contributed by atoms with E-state index in [9.17, 15) is 9.59 Å². The lowest BCUT2D eigenvalue weighted by molar-refractivity contribution is -0.0155. The largest absolute Gasteiger partial charge is 0.338 e. The minimum Gasteiger partial charge on any atom is -0.338 e. The normalized spacial score (nSPS) is 22.7. The second kappa shape index (κ2) is 11.1. The lowest BCUT2D eigenvalue weighted by Gasteiger charge is -2.55. The van der Waals surface area contributed by atoms with Gasteiger partial charge < -0.3 is 20.4 Å². The van der Waals surface area contributed by atoms with Crippen molar-refractivity contribution in [2.75, 3.05) is 13.1 Å². The van der Waals surface area contributed by atoms with Crippen molar-refractivity contribution >= 4 is 12.1 Å². The zero-order valence-corrected chi connectivity index (χ0v) is 25.8. The van der Waals surface area contributed by atoms with Gasteiger partial charge in [0, 0.05) is 35.2 Å². The van der Waals surface area contributed by atoms with E-state index in [0.717, 1.165) is 38.5 Å². The smallest absolute Gasteiger partial charge is 0.318 e. The number of benzene rings is 1. The molecule has 0 saturated carbocycles. The van der Waals surface area contributed by atoms with Gasteiger partial charge in [-0.3, -0.25) is 0 Å². The summed E-state index contributed by atoms with van der Waals surface area (Å²) in [4.78, 5) is 29.8. The Morgan fingerprint density at radius 3 is 1.13 bits per heavy atom. The lowest BCUT2D eigenvalue weighted by atomic mass is 9.71. The van der Waals surface area contributed by atoms with Gasteiger partial charge in [-0.05, 0) is 131 Å². The van der Waals surface area contributed by atoms with Gasteiger partial charge in [0.15, 0.2) is 0 Å². The van der Waals surface area contributed by atoms with Crippen molar-refractivity contribution in [3.05, 3.63) is 35.4 Å². The molecule has 38 heavy (non-hydrogen) atoms. The van der Waals surface area contributed by atoms with Crippen molar-refractivity contribution in [1.29, 1.82) is 0 Å². The maximum atomic E-state index is 12.8. The van der Waals surface area contributed by atoms with Crippen LogP contribution in [-0.2, 0) is 12.8 Å². The Morgan fingerprint density at radius 2 is 0.895 bits per heavy atom. The first-order valence-electron chi connectivity index (χ1n) is 14.8. The first kappa shape index (κ1) is 30.3. The third-order valence-corrected chi connectivity index (χ3v) is 8.71. The summed E-state index contributed by atoms with van der Waals surface area (Å²) in [6.45, 7) is 22.9. The number of carbonyl (C=O) groups excluding carboxylic acids is 2. The second-order valence-corrected chi connectivity index (χ2v) is 14.4. The molecule has 0 unspecified atom stereocenters. The third-order valence-electron chi connectivity index (χ3n) is 8.71. The molecule has 4 amide bonds.